The smallest absolute Gasteiger partial charge is 0.191 e. The number of hydrogen-bond donors (Lipinski definition) is 2. The van der Waals surface area contributed by atoms with E-state index in [1.54, 1.807) is 18.4 Å². The van der Waals surface area contributed by atoms with Crippen molar-refractivity contribution in [1.82, 2.24) is 20.5 Å². The SMILES string of the molecule is CCN(CC)CCCCNC(=NC)NCc1ncc(C)s1.I. The van der Waals surface area contributed by atoms with Crippen molar-refractivity contribution in [3.63, 3.8) is 0 Å². The van der Waals surface area contributed by atoms with Crippen LogP contribution in [0.2, 0.25) is 0 Å². The van der Waals surface area contributed by atoms with Gasteiger partial charge in [0.05, 0.1) is 6.54 Å². The van der Waals surface area contributed by atoms with Crippen molar-refractivity contribution in [3.8, 4) is 0 Å². The van der Waals surface area contributed by atoms with Crippen molar-refractivity contribution in [2.24, 2.45) is 4.99 Å². The molecular weight excluding hydrogens is 409 g/mol. The number of nitrogens with zero attached hydrogens (tertiary/aromatic N) is 3. The lowest BCUT2D eigenvalue weighted by Crippen LogP contribution is -2.37. The lowest BCUT2D eigenvalue weighted by molar-refractivity contribution is 0.297. The summed E-state index contributed by atoms with van der Waals surface area (Å²) >= 11 is 1.72. The standard InChI is InChI=1S/C15H29N5S.HI/c1-5-20(6-2)10-8-7-9-17-15(16-4)19-12-14-18-11-13(3)21-14;/h11H,5-10,12H2,1-4H3,(H2,16,17,19);1H. The summed E-state index contributed by atoms with van der Waals surface area (Å²) in [5.41, 5.74) is 0. The summed E-state index contributed by atoms with van der Waals surface area (Å²) in [7, 11) is 1.80. The highest BCUT2D eigenvalue weighted by Gasteiger charge is 2.02. The molecule has 0 aliphatic carbocycles. The first-order chi connectivity index (χ1) is 10.2. The van der Waals surface area contributed by atoms with Crippen molar-refractivity contribution >= 4 is 41.3 Å². The van der Waals surface area contributed by atoms with Gasteiger partial charge >= 0.3 is 0 Å². The van der Waals surface area contributed by atoms with E-state index in [2.05, 4.69) is 46.3 Å². The van der Waals surface area contributed by atoms with Gasteiger partial charge in [-0.05, 0) is 39.4 Å². The predicted octanol–water partition coefficient (Wildman–Crippen LogP) is 2.86. The molecule has 7 heteroatoms. The summed E-state index contributed by atoms with van der Waals surface area (Å²) in [6.07, 6.45) is 4.29. The Labute approximate surface area is 156 Å². The second-order valence-corrected chi connectivity index (χ2v) is 6.27. The second-order valence-electron chi connectivity index (χ2n) is 4.95. The lowest BCUT2D eigenvalue weighted by Gasteiger charge is -2.17. The number of nitrogens with one attached hydrogen (secondary N) is 2. The Balaban J connectivity index is 0.00000441. The Kier molecular flexibility index (Phi) is 12.8. The van der Waals surface area contributed by atoms with Crippen LogP contribution < -0.4 is 10.6 Å². The summed E-state index contributed by atoms with van der Waals surface area (Å²) in [4.78, 5) is 12.3. The van der Waals surface area contributed by atoms with E-state index in [-0.39, 0.29) is 24.0 Å². The predicted molar refractivity (Wildman–Crippen MR) is 107 cm³/mol. The zero-order valence-electron chi connectivity index (χ0n) is 14.2. The fourth-order valence-corrected chi connectivity index (χ4v) is 2.80. The number of aliphatic imine (C=N–C) groups is 1. The normalized spacial score (nSPS) is 11.4. The van der Waals surface area contributed by atoms with Crippen LogP contribution in [0, 0.1) is 6.92 Å². The quantitative estimate of drug-likeness (QED) is 0.269. The third kappa shape index (κ3) is 8.89. The largest absolute Gasteiger partial charge is 0.356 e. The zero-order chi connectivity index (χ0) is 15.5. The third-order valence-electron chi connectivity index (χ3n) is 3.39. The van der Waals surface area contributed by atoms with Gasteiger partial charge in [0.1, 0.15) is 5.01 Å². The molecule has 0 fully saturated rings. The second kappa shape index (κ2) is 13.1. The molecule has 0 aromatic carbocycles. The number of rotatable bonds is 9. The molecule has 1 aromatic heterocycles. The van der Waals surface area contributed by atoms with E-state index in [0.29, 0.717) is 0 Å². The molecule has 1 heterocycles. The zero-order valence-corrected chi connectivity index (χ0v) is 17.3. The molecule has 22 heavy (non-hydrogen) atoms. The van der Waals surface area contributed by atoms with Gasteiger partial charge in [0.15, 0.2) is 5.96 Å². The first-order valence-corrected chi connectivity index (χ1v) is 8.59. The van der Waals surface area contributed by atoms with Gasteiger partial charge in [-0.15, -0.1) is 35.3 Å². The Hall–Kier alpha value is -0.410. The molecule has 0 saturated carbocycles. The molecule has 0 saturated heterocycles. The van der Waals surface area contributed by atoms with Crippen molar-refractivity contribution in [2.75, 3.05) is 33.2 Å². The van der Waals surface area contributed by atoms with Gasteiger partial charge in [0, 0.05) is 24.7 Å². The topological polar surface area (TPSA) is 52.5 Å². The van der Waals surface area contributed by atoms with E-state index in [1.807, 2.05) is 6.20 Å². The average molecular weight is 439 g/mol. The molecule has 2 N–H and O–H groups in total. The number of aryl methyl sites for hydroxylation is 1. The fourth-order valence-electron chi connectivity index (χ4n) is 2.07. The minimum atomic E-state index is 0. The highest BCUT2D eigenvalue weighted by atomic mass is 127. The van der Waals surface area contributed by atoms with E-state index in [0.717, 1.165) is 43.6 Å². The molecule has 0 aliphatic heterocycles. The highest BCUT2D eigenvalue weighted by molar-refractivity contribution is 14.0. The van der Waals surface area contributed by atoms with Crippen LogP contribution in [0.1, 0.15) is 36.6 Å². The Bertz CT molecular complexity index is 418. The molecule has 128 valence electrons. The molecule has 0 bridgehead atoms. The lowest BCUT2D eigenvalue weighted by atomic mass is 10.3. The van der Waals surface area contributed by atoms with E-state index in [9.17, 15) is 0 Å². The maximum absolute atomic E-state index is 4.34. The number of guanidine groups is 1. The van der Waals surface area contributed by atoms with E-state index in [1.165, 1.54) is 17.8 Å². The number of halogens is 1. The van der Waals surface area contributed by atoms with Crippen molar-refractivity contribution < 1.29 is 0 Å². The fraction of sp³-hybridized carbons (Fsp3) is 0.733. The van der Waals surface area contributed by atoms with Gasteiger partial charge in [0.25, 0.3) is 0 Å². The summed E-state index contributed by atoms with van der Waals surface area (Å²) in [6, 6.07) is 0. The van der Waals surface area contributed by atoms with Crippen LogP contribution in [0.5, 0.6) is 0 Å². The molecule has 0 radical (unpaired) electrons. The minimum absolute atomic E-state index is 0. The molecule has 5 nitrogen and oxygen atoms in total. The van der Waals surface area contributed by atoms with Gasteiger partial charge in [-0.2, -0.15) is 0 Å². The Morgan fingerprint density at radius 2 is 2.00 bits per heavy atom. The van der Waals surface area contributed by atoms with Crippen molar-refractivity contribution in [2.45, 2.75) is 40.2 Å². The molecule has 0 aliphatic rings. The van der Waals surface area contributed by atoms with Crippen LogP contribution in [0.3, 0.4) is 0 Å². The first-order valence-electron chi connectivity index (χ1n) is 7.77. The first kappa shape index (κ1) is 21.6. The number of thiazole rings is 1. The van der Waals surface area contributed by atoms with Gasteiger partial charge in [-0.25, -0.2) is 4.98 Å². The van der Waals surface area contributed by atoms with Crippen LogP contribution in [0.4, 0.5) is 0 Å². The molecule has 1 rings (SSSR count). The van der Waals surface area contributed by atoms with E-state index >= 15 is 0 Å². The van der Waals surface area contributed by atoms with Gasteiger partial charge < -0.3 is 15.5 Å². The van der Waals surface area contributed by atoms with Crippen LogP contribution in [-0.4, -0.2) is 49.1 Å². The summed E-state index contributed by atoms with van der Waals surface area (Å²) in [6.45, 7) is 11.7. The summed E-state index contributed by atoms with van der Waals surface area (Å²) in [5, 5.41) is 7.75. The minimum Gasteiger partial charge on any atom is -0.356 e. The van der Waals surface area contributed by atoms with Crippen molar-refractivity contribution in [1.29, 1.82) is 0 Å². The highest BCUT2D eigenvalue weighted by Crippen LogP contribution is 2.10. The molecular formula is C15H30IN5S. The Morgan fingerprint density at radius 1 is 1.27 bits per heavy atom. The number of hydrogen-bond acceptors (Lipinski definition) is 4. The van der Waals surface area contributed by atoms with Crippen LogP contribution in [0.25, 0.3) is 0 Å². The maximum atomic E-state index is 4.34. The van der Waals surface area contributed by atoms with Crippen LogP contribution in [0.15, 0.2) is 11.2 Å². The molecule has 0 unspecified atom stereocenters. The maximum Gasteiger partial charge on any atom is 0.191 e. The molecule has 0 amide bonds. The average Bonchev–Trinajstić information content (AvgIpc) is 2.91. The monoisotopic (exact) mass is 439 g/mol. The number of aromatic nitrogens is 1. The van der Waals surface area contributed by atoms with Crippen LogP contribution >= 0.6 is 35.3 Å². The summed E-state index contributed by atoms with van der Waals surface area (Å²) < 4.78 is 0. The van der Waals surface area contributed by atoms with Crippen molar-refractivity contribution in [3.05, 3.63) is 16.1 Å². The molecule has 0 atom stereocenters. The Morgan fingerprint density at radius 3 is 2.55 bits per heavy atom. The van der Waals surface area contributed by atoms with Gasteiger partial charge in [0.2, 0.25) is 0 Å². The summed E-state index contributed by atoms with van der Waals surface area (Å²) in [5.74, 6) is 0.852. The van der Waals surface area contributed by atoms with E-state index in [4.69, 9.17) is 0 Å². The van der Waals surface area contributed by atoms with Gasteiger partial charge in [-0.1, -0.05) is 13.8 Å². The number of unbranched alkanes of at least 4 members (excludes halogenated alkanes) is 1. The van der Waals surface area contributed by atoms with Gasteiger partial charge in [-0.3, -0.25) is 4.99 Å². The van der Waals surface area contributed by atoms with Crippen LogP contribution in [-0.2, 0) is 6.54 Å². The third-order valence-corrected chi connectivity index (χ3v) is 4.30. The van der Waals surface area contributed by atoms with E-state index < -0.39 is 0 Å². The molecule has 0 spiro atoms. The molecule has 1 aromatic rings.